The Morgan fingerprint density at radius 1 is 1.33 bits per heavy atom. The lowest BCUT2D eigenvalue weighted by Gasteiger charge is -2.15. The molecule has 0 radical (unpaired) electrons. The molecule has 1 atom stereocenters. The monoisotopic (exact) mass is 210 g/mol. The predicted molar refractivity (Wildman–Crippen MR) is 51.0 cm³/mol. The Labute approximate surface area is 85.2 Å². The molecule has 0 aromatic heterocycles. The Kier molecular flexibility index (Phi) is 1.87. The molecule has 0 aliphatic carbocycles. The van der Waals surface area contributed by atoms with E-state index in [2.05, 4.69) is 0 Å². The van der Waals surface area contributed by atoms with Gasteiger partial charge in [-0.3, -0.25) is 4.79 Å². The molecular formula is C10H10O5. The SMILES string of the molecule is C[C@@]1(O)Cc2ccc(=O)c(O)c(O)c2O1. The van der Waals surface area contributed by atoms with Gasteiger partial charge < -0.3 is 20.1 Å². The second kappa shape index (κ2) is 2.87. The van der Waals surface area contributed by atoms with Crippen LogP contribution in [-0.4, -0.2) is 21.1 Å². The summed E-state index contributed by atoms with van der Waals surface area (Å²) in [7, 11) is 0. The first-order chi connectivity index (χ1) is 6.91. The average Bonchev–Trinajstić information content (AvgIpc) is 2.43. The van der Waals surface area contributed by atoms with Crippen LogP contribution in [-0.2, 0) is 6.42 Å². The molecule has 1 aromatic carbocycles. The summed E-state index contributed by atoms with van der Waals surface area (Å²) in [5.74, 6) is -2.85. The normalized spacial score (nSPS) is 23.3. The summed E-state index contributed by atoms with van der Waals surface area (Å²) in [4.78, 5) is 11.1. The standard InChI is InChI=1S/C10H10O5/c1-10(14)4-5-2-3-6(11)7(12)8(13)9(5)15-10/h2-3,14H,4H2,1H3,(H2,11,12,13)/t10-/m0/s1. The van der Waals surface area contributed by atoms with Crippen LogP contribution in [0.25, 0.3) is 0 Å². The molecule has 5 heteroatoms. The van der Waals surface area contributed by atoms with Gasteiger partial charge in [0.2, 0.25) is 22.7 Å². The molecule has 0 saturated heterocycles. The zero-order chi connectivity index (χ0) is 11.2. The fourth-order valence-corrected chi connectivity index (χ4v) is 1.57. The van der Waals surface area contributed by atoms with Gasteiger partial charge in [-0.15, -0.1) is 0 Å². The van der Waals surface area contributed by atoms with Crippen LogP contribution in [0.2, 0.25) is 0 Å². The highest BCUT2D eigenvalue weighted by molar-refractivity contribution is 5.54. The van der Waals surface area contributed by atoms with Gasteiger partial charge in [0.1, 0.15) is 0 Å². The molecule has 0 spiro atoms. The molecule has 0 bridgehead atoms. The highest BCUT2D eigenvalue weighted by atomic mass is 16.6. The Morgan fingerprint density at radius 3 is 2.67 bits per heavy atom. The van der Waals surface area contributed by atoms with Gasteiger partial charge >= 0.3 is 0 Å². The molecular weight excluding hydrogens is 200 g/mol. The highest BCUT2D eigenvalue weighted by Crippen LogP contribution is 2.42. The van der Waals surface area contributed by atoms with E-state index in [0.29, 0.717) is 5.56 Å². The largest absolute Gasteiger partial charge is 0.502 e. The Bertz CT molecular complexity index is 478. The Morgan fingerprint density at radius 2 is 2.00 bits per heavy atom. The molecule has 80 valence electrons. The lowest BCUT2D eigenvalue weighted by molar-refractivity contribution is -0.104. The lowest BCUT2D eigenvalue weighted by Crippen LogP contribution is -2.29. The minimum atomic E-state index is -1.41. The summed E-state index contributed by atoms with van der Waals surface area (Å²) in [6, 6.07) is 2.54. The van der Waals surface area contributed by atoms with E-state index in [9.17, 15) is 20.1 Å². The number of hydrogen-bond acceptors (Lipinski definition) is 5. The van der Waals surface area contributed by atoms with Gasteiger partial charge in [-0.05, 0) is 6.07 Å². The maximum absolute atomic E-state index is 11.1. The van der Waals surface area contributed by atoms with Crippen molar-refractivity contribution in [3.05, 3.63) is 27.9 Å². The molecule has 5 nitrogen and oxygen atoms in total. The Hall–Kier alpha value is -1.75. The van der Waals surface area contributed by atoms with Gasteiger partial charge in [0.15, 0.2) is 5.75 Å². The average molecular weight is 210 g/mol. The van der Waals surface area contributed by atoms with E-state index in [-0.39, 0.29) is 12.2 Å². The van der Waals surface area contributed by atoms with Crippen LogP contribution >= 0.6 is 0 Å². The van der Waals surface area contributed by atoms with Crippen molar-refractivity contribution < 1.29 is 20.1 Å². The molecule has 3 N–H and O–H groups in total. The molecule has 0 amide bonds. The van der Waals surface area contributed by atoms with Crippen molar-refractivity contribution in [1.29, 1.82) is 0 Å². The molecule has 15 heavy (non-hydrogen) atoms. The first kappa shape index (κ1) is 9.79. The van der Waals surface area contributed by atoms with E-state index in [1.54, 1.807) is 0 Å². The smallest absolute Gasteiger partial charge is 0.224 e. The van der Waals surface area contributed by atoms with Gasteiger partial charge in [0.05, 0.1) is 0 Å². The van der Waals surface area contributed by atoms with Crippen molar-refractivity contribution >= 4 is 0 Å². The van der Waals surface area contributed by atoms with Gasteiger partial charge in [-0.2, -0.15) is 0 Å². The summed E-state index contributed by atoms with van der Waals surface area (Å²) in [6.45, 7) is 1.43. The van der Waals surface area contributed by atoms with Crippen molar-refractivity contribution in [2.45, 2.75) is 19.1 Å². The van der Waals surface area contributed by atoms with Gasteiger partial charge in [-0.25, -0.2) is 0 Å². The summed E-state index contributed by atoms with van der Waals surface area (Å²) in [6.07, 6.45) is 0.156. The van der Waals surface area contributed by atoms with Crippen molar-refractivity contribution in [1.82, 2.24) is 0 Å². The molecule has 1 aliphatic heterocycles. The van der Waals surface area contributed by atoms with Crippen LogP contribution in [0.5, 0.6) is 17.2 Å². The number of aliphatic hydroxyl groups is 1. The van der Waals surface area contributed by atoms with E-state index in [1.807, 2.05) is 0 Å². The fraction of sp³-hybridized carbons (Fsp3) is 0.300. The quantitative estimate of drug-likeness (QED) is 0.565. The first-order valence-corrected chi connectivity index (χ1v) is 4.40. The Balaban J connectivity index is 2.71. The van der Waals surface area contributed by atoms with Crippen LogP contribution in [0, 0.1) is 0 Å². The van der Waals surface area contributed by atoms with E-state index < -0.39 is 22.7 Å². The molecule has 1 aliphatic rings. The second-order valence-corrected chi connectivity index (χ2v) is 3.70. The summed E-state index contributed by atoms with van der Waals surface area (Å²) in [5.41, 5.74) is -0.208. The van der Waals surface area contributed by atoms with Crippen LogP contribution < -0.4 is 10.2 Å². The summed E-state index contributed by atoms with van der Waals surface area (Å²) in [5, 5.41) is 28.4. The third kappa shape index (κ3) is 1.50. The van der Waals surface area contributed by atoms with Gasteiger partial charge in [0.25, 0.3) is 0 Å². The topological polar surface area (TPSA) is 87.0 Å². The summed E-state index contributed by atoms with van der Waals surface area (Å²) < 4.78 is 5.03. The third-order valence-corrected chi connectivity index (χ3v) is 2.24. The number of fused-ring (bicyclic) bond motifs is 1. The van der Waals surface area contributed by atoms with Crippen molar-refractivity contribution in [2.24, 2.45) is 0 Å². The predicted octanol–water partition coefficient (Wildman–Crippen LogP) is 0.101. The van der Waals surface area contributed by atoms with Gasteiger partial charge in [-0.1, -0.05) is 6.07 Å². The molecule has 1 aromatic rings. The van der Waals surface area contributed by atoms with Crippen molar-refractivity contribution in [3.8, 4) is 17.2 Å². The molecule has 2 rings (SSSR count). The van der Waals surface area contributed by atoms with Crippen molar-refractivity contribution in [2.75, 3.05) is 0 Å². The maximum Gasteiger partial charge on any atom is 0.224 e. The molecule has 1 heterocycles. The van der Waals surface area contributed by atoms with Gasteiger partial charge in [0, 0.05) is 18.9 Å². The zero-order valence-electron chi connectivity index (χ0n) is 8.02. The number of rotatable bonds is 0. The van der Waals surface area contributed by atoms with Crippen LogP contribution in [0.3, 0.4) is 0 Å². The first-order valence-electron chi connectivity index (χ1n) is 4.40. The minimum Gasteiger partial charge on any atom is -0.502 e. The second-order valence-electron chi connectivity index (χ2n) is 3.70. The highest BCUT2D eigenvalue weighted by Gasteiger charge is 2.34. The van der Waals surface area contributed by atoms with Crippen LogP contribution in [0.15, 0.2) is 16.9 Å². The van der Waals surface area contributed by atoms with E-state index in [0.717, 1.165) is 6.07 Å². The van der Waals surface area contributed by atoms with Crippen LogP contribution in [0.1, 0.15) is 12.5 Å². The molecule has 0 unspecified atom stereocenters. The van der Waals surface area contributed by atoms with E-state index in [1.165, 1.54) is 13.0 Å². The summed E-state index contributed by atoms with van der Waals surface area (Å²) >= 11 is 0. The fourth-order valence-electron chi connectivity index (χ4n) is 1.57. The number of hydrogen-bond donors (Lipinski definition) is 3. The third-order valence-electron chi connectivity index (χ3n) is 2.24. The maximum atomic E-state index is 11.1. The van der Waals surface area contributed by atoms with Crippen LogP contribution in [0.4, 0.5) is 0 Å². The van der Waals surface area contributed by atoms with E-state index >= 15 is 0 Å². The molecule has 0 saturated carbocycles. The lowest BCUT2D eigenvalue weighted by atomic mass is 10.1. The number of aromatic hydroxyl groups is 2. The van der Waals surface area contributed by atoms with Crippen molar-refractivity contribution in [3.63, 3.8) is 0 Å². The number of ether oxygens (including phenoxy) is 1. The zero-order valence-corrected chi connectivity index (χ0v) is 8.02. The van der Waals surface area contributed by atoms with E-state index in [4.69, 9.17) is 4.74 Å². The minimum absolute atomic E-state index is 0.0420. The molecule has 0 fully saturated rings.